The van der Waals surface area contributed by atoms with Crippen LogP contribution in [0.1, 0.15) is 11.3 Å². The molecular formula is C12H11BrFN3. The molecule has 5 heteroatoms. The molecule has 0 fully saturated rings. The van der Waals surface area contributed by atoms with Crippen LogP contribution in [-0.2, 0) is 0 Å². The van der Waals surface area contributed by atoms with E-state index in [1.807, 2.05) is 13.8 Å². The predicted molar refractivity (Wildman–Crippen MR) is 69.0 cm³/mol. The highest BCUT2D eigenvalue weighted by molar-refractivity contribution is 9.10. The molecule has 0 amide bonds. The van der Waals surface area contributed by atoms with Crippen molar-refractivity contribution in [1.82, 2.24) is 9.97 Å². The second-order valence-electron chi connectivity index (χ2n) is 3.77. The topological polar surface area (TPSA) is 51.8 Å². The van der Waals surface area contributed by atoms with Crippen LogP contribution in [0.15, 0.2) is 22.7 Å². The fraction of sp³-hybridized carbons (Fsp3) is 0.167. The van der Waals surface area contributed by atoms with Crippen molar-refractivity contribution in [3.05, 3.63) is 39.7 Å². The Hall–Kier alpha value is -1.49. The van der Waals surface area contributed by atoms with Gasteiger partial charge in [-0.25, -0.2) is 14.4 Å². The average Bonchev–Trinajstić information content (AvgIpc) is 2.25. The van der Waals surface area contributed by atoms with Gasteiger partial charge < -0.3 is 5.73 Å². The minimum Gasteiger partial charge on any atom is -0.383 e. The van der Waals surface area contributed by atoms with Gasteiger partial charge in [0.15, 0.2) is 5.82 Å². The van der Waals surface area contributed by atoms with E-state index in [1.54, 1.807) is 6.07 Å². The Morgan fingerprint density at radius 3 is 2.53 bits per heavy atom. The van der Waals surface area contributed by atoms with Crippen LogP contribution < -0.4 is 5.73 Å². The van der Waals surface area contributed by atoms with Gasteiger partial charge in [-0.1, -0.05) is 0 Å². The molecule has 3 nitrogen and oxygen atoms in total. The SMILES string of the molecule is Cc1nc(-c2ccc(F)cc2Br)nc(N)c1C. The minimum atomic E-state index is -0.308. The number of hydrogen-bond acceptors (Lipinski definition) is 3. The number of nitrogens with two attached hydrogens (primary N) is 1. The van der Waals surface area contributed by atoms with Crippen molar-refractivity contribution >= 4 is 21.7 Å². The molecule has 0 saturated heterocycles. The number of halogens is 2. The van der Waals surface area contributed by atoms with Gasteiger partial charge in [-0.2, -0.15) is 0 Å². The first-order chi connectivity index (χ1) is 7.99. The van der Waals surface area contributed by atoms with Gasteiger partial charge in [-0.15, -0.1) is 0 Å². The van der Waals surface area contributed by atoms with Crippen molar-refractivity contribution in [2.45, 2.75) is 13.8 Å². The first-order valence-electron chi connectivity index (χ1n) is 5.05. The normalized spacial score (nSPS) is 10.6. The summed E-state index contributed by atoms with van der Waals surface area (Å²) in [6.45, 7) is 3.74. The smallest absolute Gasteiger partial charge is 0.162 e. The third-order valence-electron chi connectivity index (χ3n) is 2.60. The molecule has 0 aliphatic rings. The van der Waals surface area contributed by atoms with Gasteiger partial charge in [0.25, 0.3) is 0 Å². The van der Waals surface area contributed by atoms with Crippen LogP contribution in [0, 0.1) is 19.7 Å². The molecule has 0 bridgehead atoms. The summed E-state index contributed by atoms with van der Waals surface area (Å²) in [5, 5.41) is 0. The number of benzene rings is 1. The molecule has 1 aromatic carbocycles. The van der Waals surface area contributed by atoms with E-state index in [0.717, 1.165) is 16.8 Å². The van der Waals surface area contributed by atoms with E-state index in [4.69, 9.17) is 5.73 Å². The second-order valence-corrected chi connectivity index (χ2v) is 4.62. The highest BCUT2D eigenvalue weighted by atomic mass is 79.9. The molecule has 2 aromatic rings. The zero-order valence-corrected chi connectivity index (χ0v) is 11.0. The summed E-state index contributed by atoms with van der Waals surface area (Å²) < 4.78 is 13.6. The van der Waals surface area contributed by atoms with E-state index < -0.39 is 0 Å². The van der Waals surface area contributed by atoms with Crippen LogP contribution in [-0.4, -0.2) is 9.97 Å². The molecule has 0 aliphatic carbocycles. The first kappa shape index (κ1) is 12.0. The van der Waals surface area contributed by atoms with E-state index in [9.17, 15) is 4.39 Å². The zero-order valence-electron chi connectivity index (χ0n) is 9.46. The molecular weight excluding hydrogens is 285 g/mol. The lowest BCUT2D eigenvalue weighted by atomic mass is 10.2. The van der Waals surface area contributed by atoms with Crippen LogP contribution in [0.2, 0.25) is 0 Å². The van der Waals surface area contributed by atoms with Crippen molar-refractivity contribution in [3.8, 4) is 11.4 Å². The van der Waals surface area contributed by atoms with E-state index >= 15 is 0 Å². The van der Waals surface area contributed by atoms with Gasteiger partial charge in [-0.3, -0.25) is 0 Å². The standard InChI is InChI=1S/C12H11BrFN3/c1-6-7(2)16-12(17-11(6)15)9-4-3-8(14)5-10(9)13/h3-5H,1-2H3,(H2,15,16,17). The number of nitrogens with zero attached hydrogens (tertiary/aromatic N) is 2. The molecule has 0 atom stereocenters. The highest BCUT2D eigenvalue weighted by Crippen LogP contribution is 2.27. The van der Waals surface area contributed by atoms with Crippen LogP contribution in [0.5, 0.6) is 0 Å². The van der Waals surface area contributed by atoms with Crippen molar-refractivity contribution in [1.29, 1.82) is 0 Å². The summed E-state index contributed by atoms with van der Waals surface area (Å²) in [6.07, 6.45) is 0. The Balaban J connectivity index is 2.61. The lowest BCUT2D eigenvalue weighted by Crippen LogP contribution is -2.02. The summed E-state index contributed by atoms with van der Waals surface area (Å²) in [5.41, 5.74) is 8.21. The molecule has 0 aliphatic heterocycles. The molecule has 0 radical (unpaired) electrons. The highest BCUT2D eigenvalue weighted by Gasteiger charge is 2.10. The maximum atomic E-state index is 13.0. The van der Waals surface area contributed by atoms with Crippen LogP contribution in [0.4, 0.5) is 10.2 Å². The molecule has 2 N–H and O–H groups in total. The van der Waals surface area contributed by atoms with Gasteiger partial charge >= 0.3 is 0 Å². The maximum Gasteiger partial charge on any atom is 0.162 e. The summed E-state index contributed by atoms with van der Waals surface area (Å²) in [7, 11) is 0. The van der Waals surface area contributed by atoms with Gasteiger partial charge in [0.2, 0.25) is 0 Å². The lowest BCUT2D eigenvalue weighted by Gasteiger charge is -2.08. The summed E-state index contributed by atoms with van der Waals surface area (Å²) in [6, 6.07) is 4.38. The fourth-order valence-corrected chi connectivity index (χ4v) is 1.97. The number of aromatic nitrogens is 2. The quantitative estimate of drug-likeness (QED) is 0.879. The number of rotatable bonds is 1. The predicted octanol–water partition coefficient (Wildman–Crippen LogP) is 3.24. The summed E-state index contributed by atoms with van der Waals surface area (Å²) >= 11 is 3.29. The Morgan fingerprint density at radius 2 is 1.94 bits per heavy atom. The Kier molecular flexibility index (Phi) is 3.11. The minimum absolute atomic E-state index is 0.308. The third kappa shape index (κ3) is 2.29. The summed E-state index contributed by atoms with van der Waals surface area (Å²) in [5.74, 6) is 0.638. The first-order valence-corrected chi connectivity index (χ1v) is 5.84. The van der Waals surface area contributed by atoms with Crippen LogP contribution in [0.25, 0.3) is 11.4 Å². The van der Waals surface area contributed by atoms with Crippen molar-refractivity contribution < 1.29 is 4.39 Å². The molecule has 2 rings (SSSR count). The van der Waals surface area contributed by atoms with Crippen molar-refractivity contribution in [2.24, 2.45) is 0 Å². The maximum absolute atomic E-state index is 13.0. The third-order valence-corrected chi connectivity index (χ3v) is 3.25. The molecule has 0 unspecified atom stereocenters. The van der Waals surface area contributed by atoms with Crippen molar-refractivity contribution in [2.75, 3.05) is 5.73 Å². The lowest BCUT2D eigenvalue weighted by molar-refractivity contribution is 0.627. The van der Waals surface area contributed by atoms with E-state index in [-0.39, 0.29) is 5.82 Å². The van der Waals surface area contributed by atoms with Crippen LogP contribution in [0.3, 0.4) is 0 Å². The Morgan fingerprint density at radius 1 is 1.24 bits per heavy atom. The Labute approximate surface area is 107 Å². The number of hydrogen-bond donors (Lipinski definition) is 1. The van der Waals surface area contributed by atoms with E-state index in [0.29, 0.717) is 16.1 Å². The molecule has 1 aromatic heterocycles. The molecule has 0 saturated carbocycles. The largest absolute Gasteiger partial charge is 0.383 e. The van der Waals surface area contributed by atoms with Gasteiger partial charge in [-0.05, 0) is 48.0 Å². The van der Waals surface area contributed by atoms with Crippen molar-refractivity contribution in [3.63, 3.8) is 0 Å². The zero-order chi connectivity index (χ0) is 12.6. The Bertz CT molecular complexity index is 561. The van der Waals surface area contributed by atoms with Gasteiger partial charge in [0, 0.05) is 21.3 Å². The van der Waals surface area contributed by atoms with Gasteiger partial charge in [0.1, 0.15) is 11.6 Å². The summed E-state index contributed by atoms with van der Waals surface area (Å²) in [4.78, 5) is 8.56. The number of nitrogen functional groups attached to an aromatic ring is 1. The van der Waals surface area contributed by atoms with E-state index in [1.165, 1.54) is 12.1 Å². The van der Waals surface area contributed by atoms with Crippen LogP contribution >= 0.6 is 15.9 Å². The monoisotopic (exact) mass is 295 g/mol. The van der Waals surface area contributed by atoms with E-state index in [2.05, 4.69) is 25.9 Å². The average molecular weight is 296 g/mol. The molecule has 17 heavy (non-hydrogen) atoms. The molecule has 88 valence electrons. The molecule has 0 spiro atoms. The number of aryl methyl sites for hydroxylation is 1. The molecule has 1 heterocycles. The van der Waals surface area contributed by atoms with Gasteiger partial charge in [0.05, 0.1) is 0 Å². The second kappa shape index (κ2) is 4.41. The fourth-order valence-electron chi connectivity index (χ4n) is 1.44. The number of anilines is 1.